The maximum absolute atomic E-state index is 12.7. The summed E-state index contributed by atoms with van der Waals surface area (Å²) in [7, 11) is 2.00. The molecule has 2 aromatic rings. The van der Waals surface area contributed by atoms with E-state index in [-0.39, 0.29) is 5.91 Å². The molecule has 1 aliphatic heterocycles. The SMILES string of the molecule is Cc1cnc2c(c1)N(C(=O)CCc1ccc(C#N)cc1)CCN2C. The lowest BCUT2D eigenvalue weighted by molar-refractivity contribution is -0.118. The molecule has 0 radical (unpaired) electrons. The van der Waals surface area contributed by atoms with Crippen molar-refractivity contribution in [2.45, 2.75) is 19.8 Å². The maximum atomic E-state index is 12.7. The minimum atomic E-state index is 0.112. The van der Waals surface area contributed by atoms with Gasteiger partial charge in [-0.2, -0.15) is 5.26 Å². The summed E-state index contributed by atoms with van der Waals surface area (Å²) in [6, 6.07) is 11.5. The number of rotatable bonds is 3. The van der Waals surface area contributed by atoms with Gasteiger partial charge in [-0.25, -0.2) is 4.98 Å². The predicted molar refractivity (Wildman–Crippen MR) is 94.1 cm³/mol. The molecule has 0 spiro atoms. The summed E-state index contributed by atoms with van der Waals surface area (Å²) in [5, 5.41) is 8.83. The first kappa shape index (κ1) is 16.0. The summed E-state index contributed by atoms with van der Waals surface area (Å²) in [6.45, 7) is 3.45. The number of pyridine rings is 1. The predicted octanol–water partition coefficient (Wildman–Crippen LogP) is 2.68. The van der Waals surface area contributed by atoms with Crippen LogP contribution in [0.3, 0.4) is 0 Å². The third-order valence-electron chi connectivity index (χ3n) is 4.31. The highest BCUT2D eigenvalue weighted by Crippen LogP contribution is 2.31. The molecule has 2 heterocycles. The van der Waals surface area contributed by atoms with Gasteiger partial charge >= 0.3 is 0 Å². The highest BCUT2D eigenvalue weighted by Gasteiger charge is 2.26. The molecule has 1 aromatic carbocycles. The van der Waals surface area contributed by atoms with E-state index in [1.165, 1.54) is 0 Å². The molecule has 1 aliphatic rings. The van der Waals surface area contributed by atoms with Crippen molar-refractivity contribution in [2.75, 3.05) is 29.9 Å². The Bertz CT molecular complexity index is 792. The van der Waals surface area contributed by atoms with E-state index in [4.69, 9.17) is 5.26 Å². The Morgan fingerprint density at radius 2 is 2.04 bits per heavy atom. The van der Waals surface area contributed by atoms with Crippen molar-refractivity contribution in [3.05, 3.63) is 53.2 Å². The van der Waals surface area contributed by atoms with Gasteiger partial charge in [0.1, 0.15) is 0 Å². The van der Waals surface area contributed by atoms with Crippen LogP contribution in [0.4, 0.5) is 11.5 Å². The fourth-order valence-electron chi connectivity index (χ4n) is 2.91. The van der Waals surface area contributed by atoms with Gasteiger partial charge in [-0.1, -0.05) is 12.1 Å². The lowest BCUT2D eigenvalue weighted by Crippen LogP contribution is -2.43. The van der Waals surface area contributed by atoms with Gasteiger partial charge in [0, 0.05) is 32.8 Å². The second-order valence-electron chi connectivity index (χ2n) is 6.13. The van der Waals surface area contributed by atoms with Crippen molar-refractivity contribution in [1.29, 1.82) is 5.26 Å². The average Bonchev–Trinajstić information content (AvgIpc) is 2.60. The third-order valence-corrected chi connectivity index (χ3v) is 4.31. The second kappa shape index (κ2) is 6.71. The van der Waals surface area contributed by atoms with Crippen LogP contribution in [-0.2, 0) is 11.2 Å². The summed E-state index contributed by atoms with van der Waals surface area (Å²) in [5.74, 6) is 0.972. The summed E-state index contributed by atoms with van der Waals surface area (Å²) in [4.78, 5) is 21.1. The van der Waals surface area contributed by atoms with Gasteiger partial charge in [-0.15, -0.1) is 0 Å². The number of anilines is 2. The van der Waals surface area contributed by atoms with Gasteiger partial charge in [-0.05, 0) is 42.7 Å². The quantitative estimate of drug-likeness (QED) is 0.872. The number of nitriles is 1. The molecule has 0 atom stereocenters. The van der Waals surface area contributed by atoms with E-state index < -0.39 is 0 Å². The molecule has 0 unspecified atom stereocenters. The molecule has 0 bridgehead atoms. The molecule has 122 valence electrons. The van der Waals surface area contributed by atoms with Gasteiger partial charge in [0.2, 0.25) is 5.91 Å². The van der Waals surface area contributed by atoms with Crippen LogP contribution < -0.4 is 9.80 Å². The molecule has 0 fully saturated rings. The van der Waals surface area contributed by atoms with Crippen LogP contribution in [0.1, 0.15) is 23.1 Å². The number of aromatic nitrogens is 1. The Labute approximate surface area is 142 Å². The van der Waals surface area contributed by atoms with Crippen LogP contribution in [0.25, 0.3) is 0 Å². The molecule has 5 nitrogen and oxygen atoms in total. The number of hydrogen-bond acceptors (Lipinski definition) is 4. The van der Waals surface area contributed by atoms with Crippen molar-refractivity contribution in [2.24, 2.45) is 0 Å². The van der Waals surface area contributed by atoms with E-state index in [9.17, 15) is 4.79 Å². The molecule has 0 saturated heterocycles. The van der Waals surface area contributed by atoms with Crippen LogP contribution in [0.15, 0.2) is 36.5 Å². The Kier molecular flexibility index (Phi) is 4.48. The standard InChI is InChI=1S/C19H20N4O/c1-14-11-17-19(21-13-14)22(2)9-10-23(17)18(24)8-7-15-3-5-16(12-20)6-4-15/h3-6,11,13H,7-10H2,1-2H3. The zero-order valence-corrected chi connectivity index (χ0v) is 14.0. The lowest BCUT2D eigenvalue weighted by Gasteiger charge is -2.34. The van der Waals surface area contributed by atoms with Crippen LogP contribution in [0, 0.1) is 18.3 Å². The number of carbonyl (C=O) groups is 1. The first-order valence-electron chi connectivity index (χ1n) is 8.05. The fraction of sp³-hybridized carbons (Fsp3) is 0.316. The van der Waals surface area contributed by atoms with E-state index in [0.717, 1.165) is 29.2 Å². The highest BCUT2D eigenvalue weighted by atomic mass is 16.2. The van der Waals surface area contributed by atoms with E-state index in [1.807, 2.05) is 43.3 Å². The average molecular weight is 320 g/mol. The molecular formula is C19H20N4O. The number of hydrogen-bond donors (Lipinski definition) is 0. The number of nitrogens with zero attached hydrogens (tertiary/aromatic N) is 4. The number of carbonyl (C=O) groups excluding carboxylic acids is 1. The van der Waals surface area contributed by atoms with Gasteiger partial charge in [-0.3, -0.25) is 4.79 Å². The molecule has 24 heavy (non-hydrogen) atoms. The summed E-state index contributed by atoms with van der Waals surface area (Å²) >= 11 is 0. The summed E-state index contributed by atoms with van der Waals surface area (Å²) < 4.78 is 0. The number of aryl methyl sites for hydroxylation is 2. The number of amides is 1. The number of fused-ring (bicyclic) bond motifs is 1. The van der Waals surface area contributed by atoms with Crippen molar-refractivity contribution in [3.63, 3.8) is 0 Å². The van der Waals surface area contributed by atoms with Gasteiger partial charge in [0.15, 0.2) is 5.82 Å². The van der Waals surface area contributed by atoms with Gasteiger partial charge in [0.05, 0.1) is 17.3 Å². The van der Waals surface area contributed by atoms with Crippen molar-refractivity contribution < 1.29 is 4.79 Å². The molecule has 5 heteroatoms. The first-order valence-corrected chi connectivity index (χ1v) is 8.05. The van der Waals surface area contributed by atoms with Gasteiger partial charge in [0.25, 0.3) is 0 Å². The van der Waals surface area contributed by atoms with Crippen LogP contribution in [0.5, 0.6) is 0 Å². The Hall–Kier alpha value is -2.87. The first-order chi connectivity index (χ1) is 11.6. The normalized spacial score (nSPS) is 13.4. The molecule has 1 amide bonds. The molecule has 0 aliphatic carbocycles. The van der Waals surface area contributed by atoms with Crippen LogP contribution in [-0.4, -0.2) is 31.0 Å². The monoisotopic (exact) mass is 320 g/mol. The van der Waals surface area contributed by atoms with Crippen LogP contribution in [0.2, 0.25) is 0 Å². The number of likely N-dealkylation sites (N-methyl/N-ethyl adjacent to an activating group) is 1. The molecule has 0 N–H and O–H groups in total. The minimum absolute atomic E-state index is 0.112. The Balaban J connectivity index is 1.72. The van der Waals surface area contributed by atoms with Crippen molar-refractivity contribution >= 4 is 17.4 Å². The summed E-state index contributed by atoms with van der Waals surface area (Å²) in [5.41, 5.74) is 3.65. The lowest BCUT2D eigenvalue weighted by atomic mass is 10.1. The van der Waals surface area contributed by atoms with Crippen molar-refractivity contribution in [3.8, 4) is 6.07 Å². The van der Waals surface area contributed by atoms with Crippen molar-refractivity contribution in [1.82, 2.24) is 4.98 Å². The largest absolute Gasteiger partial charge is 0.356 e. The Morgan fingerprint density at radius 1 is 1.29 bits per heavy atom. The van der Waals surface area contributed by atoms with Gasteiger partial charge < -0.3 is 9.80 Å². The maximum Gasteiger partial charge on any atom is 0.227 e. The van der Waals surface area contributed by atoms with Crippen LogP contribution >= 0.6 is 0 Å². The molecule has 0 saturated carbocycles. The number of benzene rings is 1. The van der Waals surface area contributed by atoms with E-state index in [2.05, 4.69) is 16.0 Å². The van der Waals surface area contributed by atoms with E-state index in [0.29, 0.717) is 24.9 Å². The summed E-state index contributed by atoms with van der Waals surface area (Å²) in [6.07, 6.45) is 2.95. The third kappa shape index (κ3) is 3.23. The zero-order chi connectivity index (χ0) is 17.1. The van der Waals surface area contributed by atoms with E-state index >= 15 is 0 Å². The smallest absolute Gasteiger partial charge is 0.227 e. The fourth-order valence-corrected chi connectivity index (χ4v) is 2.91. The minimum Gasteiger partial charge on any atom is -0.356 e. The molecule has 3 rings (SSSR count). The zero-order valence-electron chi connectivity index (χ0n) is 14.0. The van der Waals surface area contributed by atoms with E-state index in [1.54, 1.807) is 12.1 Å². The molecule has 1 aromatic heterocycles. The Morgan fingerprint density at radius 3 is 2.75 bits per heavy atom. The highest BCUT2D eigenvalue weighted by molar-refractivity contribution is 5.97. The second-order valence-corrected chi connectivity index (χ2v) is 6.13. The molecular weight excluding hydrogens is 300 g/mol. The topological polar surface area (TPSA) is 60.2 Å².